The molecule has 1 heterocycles. The number of aromatic nitrogens is 2. The van der Waals surface area contributed by atoms with Crippen LogP contribution in [-0.4, -0.2) is 16.9 Å². The third-order valence-corrected chi connectivity index (χ3v) is 3.99. The van der Waals surface area contributed by atoms with E-state index in [1.807, 2.05) is 31.3 Å². The fraction of sp³-hybridized carbons (Fsp3) is 0.400. The Balaban J connectivity index is 2.06. The summed E-state index contributed by atoms with van der Waals surface area (Å²) in [5.74, 6) is 2.17. The van der Waals surface area contributed by atoms with E-state index in [0.29, 0.717) is 5.92 Å². The van der Waals surface area contributed by atoms with Crippen molar-refractivity contribution in [2.24, 2.45) is 7.05 Å². The predicted octanol–water partition coefficient (Wildman–Crippen LogP) is 2.95. The highest BCUT2D eigenvalue weighted by Crippen LogP contribution is 2.42. The minimum atomic E-state index is 0.570. The van der Waals surface area contributed by atoms with Crippen molar-refractivity contribution >= 4 is 5.82 Å². The first-order valence-electron chi connectivity index (χ1n) is 6.67. The van der Waals surface area contributed by atoms with Crippen LogP contribution in [0.4, 0.5) is 5.82 Å². The molecule has 4 nitrogen and oxygen atoms in total. The summed E-state index contributed by atoms with van der Waals surface area (Å²) >= 11 is 0. The lowest BCUT2D eigenvalue weighted by Crippen LogP contribution is -2.10. The number of anilines is 1. The summed E-state index contributed by atoms with van der Waals surface area (Å²) in [5.41, 5.74) is 9.55. The van der Waals surface area contributed by atoms with Gasteiger partial charge in [-0.2, -0.15) is 5.10 Å². The quantitative estimate of drug-likeness (QED) is 0.919. The molecule has 2 N–H and O–H groups in total. The van der Waals surface area contributed by atoms with Crippen LogP contribution in [0.3, 0.4) is 0 Å². The number of nitrogens with zero attached hydrogens (tertiary/aromatic N) is 2. The lowest BCUT2D eigenvalue weighted by atomic mass is 9.80. The van der Waals surface area contributed by atoms with E-state index < -0.39 is 0 Å². The lowest BCUT2D eigenvalue weighted by Gasteiger charge is -2.24. The first-order chi connectivity index (χ1) is 9.20. The maximum absolute atomic E-state index is 6.19. The number of hydrogen-bond acceptors (Lipinski definition) is 3. The van der Waals surface area contributed by atoms with E-state index in [1.165, 1.54) is 19.3 Å². The number of aryl methyl sites for hydroxylation is 1. The Labute approximate surface area is 113 Å². The Morgan fingerprint density at radius 1 is 1.26 bits per heavy atom. The third kappa shape index (κ3) is 1.97. The summed E-state index contributed by atoms with van der Waals surface area (Å²) in [6.45, 7) is 0. The van der Waals surface area contributed by atoms with Crippen molar-refractivity contribution in [3.8, 4) is 16.9 Å². The smallest absolute Gasteiger partial charge is 0.129 e. The van der Waals surface area contributed by atoms with Crippen LogP contribution in [0.1, 0.15) is 30.9 Å². The van der Waals surface area contributed by atoms with Gasteiger partial charge in [0.15, 0.2) is 0 Å². The van der Waals surface area contributed by atoms with Crippen LogP contribution in [0.15, 0.2) is 24.3 Å². The maximum atomic E-state index is 6.19. The molecule has 0 radical (unpaired) electrons. The molecule has 0 atom stereocenters. The average molecular weight is 257 g/mol. The van der Waals surface area contributed by atoms with Gasteiger partial charge in [-0.15, -0.1) is 0 Å². The molecule has 4 heteroatoms. The van der Waals surface area contributed by atoms with Crippen molar-refractivity contribution in [1.82, 2.24) is 9.78 Å². The third-order valence-electron chi connectivity index (χ3n) is 3.99. The molecule has 1 aromatic carbocycles. The van der Waals surface area contributed by atoms with Gasteiger partial charge in [0.05, 0.1) is 12.8 Å². The molecule has 1 aromatic heterocycles. The zero-order valence-electron chi connectivity index (χ0n) is 11.4. The number of benzene rings is 1. The predicted molar refractivity (Wildman–Crippen MR) is 76.2 cm³/mol. The van der Waals surface area contributed by atoms with Gasteiger partial charge in [0, 0.05) is 18.5 Å². The first kappa shape index (κ1) is 12.1. The molecule has 1 saturated carbocycles. The molecular formula is C15H19N3O. The molecule has 0 spiro atoms. The highest BCUT2D eigenvalue weighted by molar-refractivity contribution is 5.77. The largest absolute Gasteiger partial charge is 0.497 e. The molecule has 0 bridgehead atoms. The van der Waals surface area contributed by atoms with Crippen LogP contribution >= 0.6 is 0 Å². The normalized spacial score (nSPS) is 15.3. The van der Waals surface area contributed by atoms with Crippen molar-refractivity contribution < 1.29 is 4.74 Å². The van der Waals surface area contributed by atoms with Crippen LogP contribution < -0.4 is 10.5 Å². The van der Waals surface area contributed by atoms with Crippen LogP contribution in [0, 0.1) is 0 Å². The lowest BCUT2D eigenvalue weighted by molar-refractivity contribution is 0.408. The first-order valence-corrected chi connectivity index (χ1v) is 6.67. The molecule has 0 amide bonds. The van der Waals surface area contributed by atoms with Gasteiger partial charge in [-0.05, 0) is 30.5 Å². The van der Waals surface area contributed by atoms with Gasteiger partial charge in [-0.25, -0.2) is 0 Å². The highest BCUT2D eigenvalue weighted by atomic mass is 16.5. The van der Waals surface area contributed by atoms with Crippen molar-refractivity contribution in [2.45, 2.75) is 25.2 Å². The zero-order valence-corrected chi connectivity index (χ0v) is 11.4. The van der Waals surface area contributed by atoms with Gasteiger partial charge in [-0.1, -0.05) is 18.6 Å². The van der Waals surface area contributed by atoms with Crippen molar-refractivity contribution in [1.29, 1.82) is 0 Å². The molecule has 100 valence electrons. The van der Waals surface area contributed by atoms with Crippen LogP contribution in [0.5, 0.6) is 5.75 Å². The second-order valence-corrected chi connectivity index (χ2v) is 5.13. The molecule has 19 heavy (non-hydrogen) atoms. The van der Waals surface area contributed by atoms with Crippen molar-refractivity contribution in [3.63, 3.8) is 0 Å². The van der Waals surface area contributed by atoms with Crippen LogP contribution in [0.2, 0.25) is 0 Å². The standard InChI is InChI=1S/C15H19N3O/c1-18-15(16)13(14(17-18)11-4-3-5-11)10-6-8-12(19-2)9-7-10/h6-9,11H,3-5,16H2,1-2H3. The average Bonchev–Trinajstić information content (AvgIpc) is 2.64. The molecule has 3 rings (SSSR count). The fourth-order valence-electron chi connectivity index (χ4n) is 2.58. The highest BCUT2D eigenvalue weighted by Gasteiger charge is 2.27. The number of hydrogen-bond donors (Lipinski definition) is 1. The Morgan fingerprint density at radius 3 is 2.47 bits per heavy atom. The Morgan fingerprint density at radius 2 is 1.95 bits per heavy atom. The summed E-state index contributed by atoms with van der Waals surface area (Å²) in [4.78, 5) is 0. The molecule has 0 saturated heterocycles. The second-order valence-electron chi connectivity index (χ2n) is 5.13. The Kier molecular flexibility index (Phi) is 2.93. The number of ether oxygens (including phenoxy) is 1. The molecule has 2 aromatic rings. The van der Waals surface area contributed by atoms with Crippen molar-refractivity contribution in [2.75, 3.05) is 12.8 Å². The number of methoxy groups -OCH3 is 1. The molecule has 1 aliphatic rings. The van der Waals surface area contributed by atoms with E-state index in [1.54, 1.807) is 11.8 Å². The van der Waals surface area contributed by atoms with Gasteiger partial charge in [0.25, 0.3) is 0 Å². The van der Waals surface area contributed by atoms with E-state index in [9.17, 15) is 0 Å². The number of nitrogens with two attached hydrogens (primary N) is 1. The molecule has 0 aliphatic heterocycles. The van der Waals surface area contributed by atoms with E-state index in [0.717, 1.165) is 28.4 Å². The maximum Gasteiger partial charge on any atom is 0.129 e. The van der Waals surface area contributed by atoms with Crippen LogP contribution in [-0.2, 0) is 7.05 Å². The van der Waals surface area contributed by atoms with Gasteiger partial charge in [-0.3, -0.25) is 4.68 Å². The molecule has 1 aliphatic carbocycles. The Bertz CT molecular complexity index is 582. The molecule has 1 fully saturated rings. The summed E-state index contributed by atoms with van der Waals surface area (Å²) in [7, 11) is 3.58. The topological polar surface area (TPSA) is 53.1 Å². The van der Waals surface area contributed by atoms with E-state index in [4.69, 9.17) is 10.5 Å². The zero-order chi connectivity index (χ0) is 13.4. The minimum absolute atomic E-state index is 0.570. The monoisotopic (exact) mass is 257 g/mol. The second kappa shape index (κ2) is 4.61. The Hall–Kier alpha value is -1.97. The fourth-order valence-corrected chi connectivity index (χ4v) is 2.58. The van der Waals surface area contributed by atoms with Gasteiger partial charge >= 0.3 is 0 Å². The minimum Gasteiger partial charge on any atom is -0.497 e. The SMILES string of the molecule is COc1ccc(-c2c(C3CCC3)nn(C)c2N)cc1. The molecule has 0 unspecified atom stereocenters. The van der Waals surface area contributed by atoms with Gasteiger partial charge in [0.1, 0.15) is 11.6 Å². The van der Waals surface area contributed by atoms with Crippen molar-refractivity contribution in [3.05, 3.63) is 30.0 Å². The summed E-state index contributed by atoms with van der Waals surface area (Å²) < 4.78 is 6.98. The van der Waals surface area contributed by atoms with Crippen LogP contribution in [0.25, 0.3) is 11.1 Å². The number of nitrogen functional groups attached to an aromatic ring is 1. The molecular weight excluding hydrogens is 238 g/mol. The summed E-state index contributed by atoms with van der Waals surface area (Å²) in [6, 6.07) is 8.03. The summed E-state index contributed by atoms with van der Waals surface area (Å²) in [6.07, 6.45) is 3.74. The summed E-state index contributed by atoms with van der Waals surface area (Å²) in [5, 5.41) is 4.61. The van der Waals surface area contributed by atoms with E-state index in [2.05, 4.69) is 5.10 Å². The van der Waals surface area contributed by atoms with Gasteiger partial charge < -0.3 is 10.5 Å². The van der Waals surface area contributed by atoms with Gasteiger partial charge in [0.2, 0.25) is 0 Å². The van der Waals surface area contributed by atoms with E-state index in [-0.39, 0.29) is 0 Å². The number of rotatable bonds is 3. The van der Waals surface area contributed by atoms with E-state index >= 15 is 0 Å².